The number of hydrogen-bond donors (Lipinski definition) is 0. The molecule has 2 aliphatic rings. The Morgan fingerprint density at radius 1 is 1.22 bits per heavy atom. The molecule has 0 bridgehead atoms. The van der Waals surface area contributed by atoms with E-state index in [1.54, 1.807) is 19.1 Å². The molecule has 0 unspecified atom stereocenters. The summed E-state index contributed by atoms with van der Waals surface area (Å²) in [5.41, 5.74) is 1.03. The van der Waals surface area contributed by atoms with Crippen molar-refractivity contribution >= 4 is 5.91 Å². The first-order chi connectivity index (χ1) is 11.1. The van der Waals surface area contributed by atoms with Crippen molar-refractivity contribution in [1.29, 1.82) is 0 Å². The zero-order chi connectivity index (χ0) is 16.2. The average molecular weight is 320 g/mol. The lowest BCUT2D eigenvalue weighted by Crippen LogP contribution is -2.44. The Morgan fingerprint density at radius 3 is 2.57 bits per heavy atom. The van der Waals surface area contributed by atoms with Gasteiger partial charge in [-0.1, -0.05) is 6.07 Å². The van der Waals surface area contributed by atoms with Gasteiger partial charge in [0.2, 0.25) is 0 Å². The summed E-state index contributed by atoms with van der Waals surface area (Å²) < 4.78 is 19.0. The maximum atomic E-state index is 13.6. The summed E-state index contributed by atoms with van der Waals surface area (Å²) in [6.07, 6.45) is 2.05. The fraction of sp³-hybridized carbons (Fsp3) is 0.611. The van der Waals surface area contributed by atoms with E-state index in [2.05, 4.69) is 4.90 Å². The maximum Gasteiger partial charge on any atom is 0.253 e. The predicted octanol–water partition coefficient (Wildman–Crippen LogP) is 2.32. The van der Waals surface area contributed by atoms with E-state index in [1.165, 1.54) is 6.07 Å². The third-order valence-corrected chi connectivity index (χ3v) is 4.94. The van der Waals surface area contributed by atoms with Crippen molar-refractivity contribution in [1.82, 2.24) is 9.80 Å². The summed E-state index contributed by atoms with van der Waals surface area (Å²) in [6.45, 7) is 8.04. The second-order valence-electron chi connectivity index (χ2n) is 6.61. The van der Waals surface area contributed by atoms with Crippen LogP contribution in [0.25, 0.3) is 0 Å². The third kappa shape index (κ3) is 4.09. The molecule has 2 heterocycles. The Kier molecular flexibility index (Phi) is 5.28. The Labute approximate surface area is 137 Å². The molecule has 1 aromatic rings. The molecule has 5 heteroatoms. The van der Waals surface area contributed by atoms with Gasteiger partial charge in [-0.2, -0.15) is 0 Å². The van der Waals surface area contributed by atoms with Crippen LogP contribution in [0.5, 0.6) is 0 Å². The van der Waals surface area contributed by atoms with E-state index in [9.17, 15) is 9.18 Å². The Morgan fingerprint density at radius 2 is 1.91 bits per heavy atom. The first-order valence-electron chi connectivity index (χ1n) is 8.49. The number of halogens is 1. The number of amides is 1. The van der Waals surface area contributed by atoms with Gasteiger partial charge < -0.3 is 9.64 Å². The topological polar surface area (TPSA) is 32.8 Å². The summed E-state index contributed by atoms with van der Waals surface area (Å²) in [5, 5.41) is 0. The van der Waals surface area contributed by atoms with Gasteiger partial charge in [0.15, 0.2) is 0 Å². The molecular formula is C18H25FN2O2. The number of nitrogens with zero attached hydrogens (tertiary/aromatic N) is 2. The fourth-order valence-electron chi connectivity index (χ4n) is 3.38. The van der Waals surface area contributed by atoms with Gasteiger partial charge in [-0.05, 0) is 43.4 Å². The van der Waals surface area contributed by atoms with Crippen molar-refractivity contribution in [2.75, 3.05) is 45.9 Å². The first kappa shape index (κ1) is 16.4. The van der Waals surface area contributed by atoms with Crippen molar-refractivity contribution < 1.29 is 13.9 Å². The smallest absolute Gasteiger partial charge is 0.253 e. The number of morpholine rings is 1. The number of benzene rings is 1. The van der Waals surface area contributed by atoms with Crippen LogP contribution in [-0.4, -0.2) is 61.6 Å². The molecule has 0 atom stereocenters. The van der Waals surface area contributed by atoms with Crippen LogP contribution < -0.4 is 0 Å². The molecular weight excluding hydrogens is 295 g/mol. The fourth-order valence-corrected chi connectivity index (χ4v) is 3.38. The Balaban J connectivity index is 1.51. The number of aryl methyl sites for hydroxylation is 1. The van der Waals surface area contributed by atoms with E-state index in [0.717, 1.165) is 58.8 Å². The van der Waals surface area contributed by atoms with Crippen molar-refractivity contribution in [3.8, 4) is 0 Å². The van der Waals surface area contributed by atoms with Gasteiger partial charge in [-0.15, -0.1) is 0 Å². The molecule has 0 aromatic heterocycles. The van der Waals surface area contributed by atoms with Crippen molar-refractivity contribution in [2.45, 2.75) is 19.8 Å². The molecule has 23 heavy (non-hydrogen) atoms. The third-order valence-electron chi connectivity index (χ3n) is 4.94. The molecule has 2 saturated heterocycles. The van der Waals surface area contributed by atoms with Gasteiger partial charge in [-0.25, -0.2) is 4.39 Å². The summed E-state index contributed by atoms with van der Waals surface area (Å²) >= 11 is 0. The molecule has 0 aliphatic carbocycles. The van der Waals surface area contributed by atoms with Crippen molar-refractivity contribution in [3.63, 3.8) is 0 Å². The lowest BCUT2D eigenvalue weighted by Gasteiger charge is -2.36. The first-order valence-corrected chi connectivity index (χ1v) is 8.49. The zero-order valence-corrected chi connectivity index (χ0v) is 13.8. The van der Waals surface area contributed by atoms with Gasteiger partial charge >= 0.3 is 0 Å². The minimum Gasteiger partial charge on any atom is -0.379 e. The summed E-state index contributed by atoms with van der Waals surface area (Å²) in [7, 11) is 0. The maximum absolute atomic E-state index is 13.6. The van der Waals surface area contributed by atoms with Gasteiger partial charge in [0.25, 0.3) is 5.91 Å². The van der Waals surface area contributed by atoms with E-state index in [1.807, 2.05) is 4.90 Å². The van der Waals surface area contributed by atoms with Gasteiger partial charge in [0, 0.05) is 38.3 Å². The molecule has 4 nitrogen and oxygen atoms in total. The normalized spacial score (nSPS) is 20.7. The average Bonchev–Trinajstić information content (AvgIpc) is 2.58. The van der Waals surface area contributed by atoms with Crippen LogP contribution in [0.4, 0.5) is 4.39 Å². The standard InChI is InChI=1S/C18H25FN2O2/c1-14-2-3-16(12-17(14)19)18(22)21-6-4-15(5-7-21)13-20-8-10-23-11-9-20/h2-3,12,15H,4-11,13H2,1H3. The van der Waals surface area contributed by atoms with Crippen molar-refractivity contribution in [2.24, 2.45) is 5.92 Å². The molecule has 2 aliphatic heterocycles. The summed E-state index contributed by atoms with van der Waals surface area (Å²) in [4.78, 5) is 16.8. The molecule has 126 valence electrons. The molecule has 1 amide bonds. The number of carbonyl (C=O) groups is 1. The van der Waals surface area contributed by atoms with Gasteiger partial charge in [0.05, 0.1) is 13.2 Å². The highest BCUT2D eigenvalue weighted by molar-refractivity contribution is 5.94. The Bertz CT molecular complexity index is 550. The number of ether oxygens (including phenoxy) is 1. The van der Waals surface area contributed by atoms with Crippen LogP contribution in [0.3, 0.4) is 0 Å². The van der Waals surface area contributed by atoms with Crippen LogP contribution in [0.1, 0.15) is 28.8 Å². The van der Waals surface area contributed by atoms with Gasteiger partial charge in [0.1, 0.15) is 5.82 Å². The molecule has 0 radical (unpaired) electrons. The van der Waals surface area contributed by atoms with E-state index < -0.39 is 0 Å². The predicted molar refractivity (Wildman–Crippen MR) is 87.0 cm³/mol. The minimum atomic E-state index is -0.307. The second-order valence-corrected chi connectivity index (χ2v) is 6.61. The van der Waals surface area contributed by atoms with E-state index >= 15 is 0 Å². The highest BCUT2D eigenvalue weighted by atomic mass is 19.1. The lowest BCUT2D eigenvalue weighted by molar-refractivity contribution is 0.0243. The number of likely N-dealkylation sites (tertiary alicyclic amines) is 1. The number of piperidine rings is 1. The van der Waals surface area contributed by atoms with E-state index in [4.69, 9.17) is 4.74 Å². The number of rotatable bonds is 3. The number of hydrogen-bond acceptors (Lipinski definition) is 3. The molecule has 0 saturated carbocycles. The second kappa shape index (κ2) is 7.41. The SMILES string of the molecule is Cc1ccc(C(=O)N2CCC(CN3CCOCC3)CC2)cc1F. The molecule has 2 fully saturated rings. The van der Waals surface area contributed by atoms with Crippen LogP contribution in [0, 0.1) is 18.7 Å². The number of carbonyl (C=O) groups excluding carboxylic acids is 1. The summed E-state index contributed by atoms with van der Waals surface area (Å²) in [6, 6.07) is 4.76. The largest absolute Gasteiger partial charge is 0.379 e. The monoisotopic (exact) mass is 320 g/mol. The van der Waals surface area contributed by atoms with E-state index in [-0.39, 0.29) is 11.7 Å². The quantitative estimate of drug-likeness (QED) is 0.857. The highest BCUT2D eigenvalue weighted by Gasteiger charge is 2.25. The van der Waals surface area contributed by atoms with Crippen LogP contribution in [0.15, 0.2) is 18.2 Å². The molecule has 1 aromatic carbocycles. The lowest BCUT2D eigenvalue weighted by atomic mass is 9.95. The van der Waals surface area contributed by atoms with Crippen molar-refractivity contribution in [3.05, 3.63) is 35.1 Å². The van der Waals surface area contributed by atoms with Crippen LogP contribution >= 0.6 is 0 Å². The van der Waals surface area contributed by atoms with Crippen LogP contribution in [0.2, 0.25) is 0 Å². The van der Waals surface area contributed by atoms with Gasteiger partial charge in [-0.3, -0.25) is 9.69 Å². The highest BCUT2D eigenvalue weighted by Crippen LogP contribution is 2.21. The summed E-state index contributed by atoms with van der Waals surface area (Å²) in [5.74, 6) is 0.290. The minimum absolute atomic E-state index is 0.0475. The zero-order valence-electron chi connectivity index (χ0n) is 13.8. The van der Waals surface area contributed by atoms with Crippen LogP contribution in [-0.2, 0) is 4.74 Å². The Hall–Kier alpha value is -1.46. The van der Waals surface area contributed by atoms with E-state index in [0.29, 0.717) is 17.0 Å². The molecule has 0 N–H and O–H groups in total. The molecule has 0 spiro atoms. The molecule has 3 rings (SSSR count).